The Hall–Kier alpha value is -2.89. The molecule has 0 bridgehead atoms. The fraction of sp³-hybridized carbons (Fsp3) is 0.125. The molecule has 0 fully saturated rings. The van der Waals surface area contributed by atoms with Crippen LogP contribution in [0.1, 0.15) is 22.0 Å². The van der Waals surface area contributed by atoms with Crippen LogP contribution in [0.15, 0.2) is 48.5 Å². The number of esters is 1. The van der Waals surface area contributed by atoms with Crippen LogP contribution >= 0.6 is 0 Å². The van der Waals surface area contributed by atoms with E-state index in [2.05, 4.69) is 0 Å². The first-order chi connectivity index (χ1) is 10.5. The van der Waals surface area contributed by atoms with Gasteiger partial charge in [0.1, 0.15) is 17.1 Å². The second-order valence-corrected chi connectivity index (χ2v) is 4.44. The van der Waals surface area contributed by atoms with Gasteiger partial charge in [0, 0.05) is 5.56 Å². The second kappa shape index (κ2) is 6.71. The van der Waals surface area contributed by atoms with Gasteiger partial charge in [-0.1, -0.05) is 24.3 Å². The van der Waals surface area contributed by atoms with Crippen molar-refractivity contribution in [3.8, 4) is 5.75 Å². The predicted molar refractivity (Wildman–Crippen MR) is 76.7 cm³/mol. The fourth-order valence-corrected chi connectivity index (χ4v) is 1.91. The number of carbonyl (C=O) groups is 2. The van der Waals surface area contributed by atoms with Gasteiger partial charge in [-0.15, -0.1) is 0 Å². The number of primary amides is 1. The fourth-order valence-electron chi connectivity index (χ4n) is 1.91. The van der Waals surface area contributed by atoms with Crippen LogP contribution in [0.25, 0.3) is 0 Å². The lowest BCUT2D eigenvalue weighted by Crippen LogP contribution is -2.26. The van der Waals surface area contributed by atoms with Gasteiger partial charge >= 0.3 is 5.97 Å². The molecule has 0 spiro atoms. The van der Waals surface area contributed by atoms with Crippen molar-refractivity contribution < 1.29 is 23.5 Å². The van der Waals surface area contributed by atoms with Crippen LogP contribution in [0.3, 0.4) is 0 Å². The van der Waals surface area contributed by atoms with Crippen LogP contribution in [0.4, 0.5) is 4.39 Å². The zero-order chi connectivity index (χ0) is 16.1. The summed E-state index contributed by atoms with van der Waals surface area (Å²) >= 11 is 0. The molecule has 2 aromatic carbocycles. The lowest BCUT2D eigenvalue weighted by atomic mass is 10.1. The standard InChI is InChI=1S/C16H14FNO4/c1-21-13-5-3-2-4-12(13)16(20)22-14(15(18)19)10-6-8-11(17)9-7-10/h2-9,14H,1H3,(H2,18,19). The van der Waals surface area contributed by atoms with Gasteiger partial charge in [-0.05, 0) is 24.3 Å². The highest BCUT2D eigenvalue weighted by atomic mass is 19.1. The molecule has 2 N–H and O–H groups in total. The number of methoxy groups -OCH3 is 1. The minimum atomic E-state index is -1.31. The van der Waals surface area contributed by atoms with Crippen molar-refractivity contribution in [1.82, 2.24) is 0 Å². The maximum atomic E-state index is 12.9. The number of rotatable bonds is 5. The molecule has 1 amide bonds. The minimum Gasteiger partial charge on any atom is -0.496 e. The third kappa shape index (κ3) is 3.41. The molecule has 114 valence electrons. The van der Waals surface area contributed by atoms with Crippen LogP contribution in [-0.4, -0.2) is 19.0 Å². The van der Waals surface area contributed by atoms with Gasteiger partial charge < -0.3 is 15.2 Å². The van der Waals surface area contributed by atoms with Crippen molar-refractivity contribution in [3.05, 3.63) is 65.5 Å². The summed E-state index contributed by atoms with van der Waals surface area (Å²) in [6.45, 7) is 0. The quantitative estimate of drug-likeness (QED) is 0.859. The molecule has 0 aliphatic rings. The summed E-state index contributed by atoms with van der Waals surface area (Å²) in [5.41, 5.74) is 5.72. The zero-order valence-electron chi connectivity index (χ0n) is 11.8. The molecule has 0 saturated heterocycles. The SMILES string of the molecule is COc1ccccc1C(=O)OC(C(N)=O)c1ccc(F)cc1. The van der Waals surface area contributed by atoms with E-state index >= 15 is 0 Å². The lowest BCUT2D eigenvalue weighted by Gasteiger charge is -2.16. The van der Waals surface area contributed by atoms with Gasteiger partial charge in [-0.3, -0.25) is 4.79 Å². The Balaban J connectivity index is 2.26. The summed E-state index contributed by atoms with van der Waals surface area (Å²) in [5.74, 6) is -1.77. The third-order valence-electron chi connectivity index (χ3n) is 2.98. The van der Waals surface area contributed by atoms with Gasteiger partial charge in [0.05, 0.1) is 7.11 Å². The molecule has 5 nitrogen and oxygen atoms in total. The maximum Gasteiger partial charge on any atom is 0.343 e. The van der Waals surface area contributed by atoms with E-state index in [1.54, 1.807) is 18.2 Å². The van der Waals surface area contributed by atoms with Crippen molar-refractivity contribution in [3.63, 3.8) is 0 Å². The lowest BCUT2D eigenvalue weighted by molar-refractivity contribution is -0.127. The van der Waals surface area contributed by atoms with E-state index in [9.17, 15) is 14.0 Å². The zero-order valence-corrected chi connectivity index (χ0v) is 11.8. The van der Waals surface area contributed by atoms with E-state index in [0.717, 1.165) is 12.1 Å². The van der Waals surface area contributed by atoms with Crippen LogP contribution in [0.2, 0.25) is 0 Å². The second-order valence-electron chi connectivity index (χ2n) is 4.44. The number of carbonyl (C=O) groups excluding carboxylic acids is 2. The number of benzene rings is 2. The number of hydrogen-bond donors (Lipinski definition) is 1. The molecule has 0 radical (unpaired) electrons. The average Bonchev–Trinajstić information content (AvgIpc) is 2.53. The van der Waals surface area contributed by atoms with Crippen molar-refractivity contribution in [2.45, 2.75) is 6.10 Å². The molecule has 0 aliphatic heterocycles. The Morgan fingerprint density at radius 1 is 1.09 bits per heavy atom. The molecule has 0 aromatic heterocycles. The van der Waals surface area contributed by atoms with Crippen LogP contribution in [-0.2, 0) is 9.53 Å². The van der Waals surface area contributed by atoms with Crippen molar-refractivity contribution in [2.24, 2.45) is 5.73 Å². The van der Waals surface area contributed by atoms with E-state index in [1.165, 1.54) is 25.3 Å². The number of ether oxygens (including phenoxy) is 2. The highest BCUT2D eigenvalue weighted by Crippen LogP contribution is 2.23. The Bertz CT molecular complexity index is 685. The van der Waals surface area contributed by atoms with Crippen LogP contribution in [0, 0.1) is 5.82 Å². The molecule has 1 atom stereocenters. The first-order valence-corrected chi connectivity index (χ1v) is 6.41. The molecule has 22 heavy (non-hydrogen) atoms. The number of halogens is 1. The number of nitrogens with two attached hydrogens (primary N) is 1. The summed E-state index contributed by atoms with van der Waals surface area (Å²) in [6.07, 6.45) is -1.31. The van der Waals surface area contributed by atoms with E-state index in [4.69, 9.17) is 15.2 Å². The Morgan fingerprint density at radius 3 is 2.32 bits per heavy atom. The smallest absolute Gasteiger partial charge is 0.343 e. The average molecular weight is 303 g/mol. The van der Waals surface area contributed by atoms with Gasteiger partial charge in [0.15, 0.2) is 0 Å². The normalized spacial score (nSPS) is 11.5. The largest absolute Gasteiger partial charge is 0.496 e. The summed E-state index contributed by atoms with van der Waals surface area (Å²) < 4.78 is 23.2. The molecular formula is C16H14FNO4. The minimum absolute atomic E-state index is 0.165. The van der Waals surface area contributed by atoms with E-state index in [0.29, 0.717) is 5.75 Å². The molecule has 0 saturated carbocycles. The predicted octanol–water partition coefficient (Wildman–Crippen LogP) is 2.22. The number of amides is 1. The molecule has 0 aliphatic carbocycles. The molecule has 2 aromatic rings. The molecule has 6 heteroatoms. The summed E-state index contributed by atoms with van der Waals surface area (Å²) in [7, 11) is 1.41. The van der Waals surface area contributed by atoms with Gasteiger partial charge in [-0.2, -0.15) is 0 Å². The number of hydrogen-bond acceptors (Lipinski definition) is 4. The summed E-state index contributed by atoms with van der Waals surface area (Å²) in [5, 5.41) is 0. The van der Waals surface area contributed by atoms with E-state index in [-0.39, 0.29) is 11.1 Å². The molecule has 1 unspecified atom stereocenters. The molecular weight excluding hydrogens is 289 g/mol. The maximum absolute atomic E-state index is 12.9. The molecule has 0 heterocycles. The monoisotopic (exact) mass is 303 g/mol. The third-order valence-corrected chi connectivity index (χ3v) is 2.98. The van der Waals surface area contributed by atoms with Gasteiger partial charge in [0.2, 0.25) is 6.10 Å². The van der Waals surface area contributed by atoms with Crippen LogP contribution < -0.4 is 10.5 Å². The van der Waals surface area contributed by atoms with E-state index < -0.39 is 23.8 Å². The first kappa shape index (κ1) is 15.5. The first-order valence-electron chi connectivity index (χ1n) is 6.41. The van der Waals surface area contributed by atoms with Crippen molar-refractivity contribution in [2.75, 3.05) is 7.11 Å². The topological polar surface area (TPSA) is 78.6 Å². The van der Waals surface area contributed by atoms with Crippen LogP contribution in [0.5, 0.6) is 5.75 Å². The highest BCUT2D eigenvalue weighted by molar-refractivity contribution is 5.94. The van der Waals surface area contributed by atoms with Crippen molar-refractivity contribution >= 4 is 11.9 Å². The van der Waals surface area contributed by atoms with Crippen molar-refractivity contribution in [1.29, 1.82) is 0 Å². The Labute approximate surface area is 126 Å². The van der Waals surface area contributed by atoms with E-state index in [1.807, 2.05) is 0 Å². The Kier molecular flexibility index (Phi) is 4.73. The highest BCUT2D eigenvalue weighted by Gasteiger charge is 2.24. The summed E-state index contributed by atoms with van der Waals surface area (Å²) in [6, 6.07) is 11.4. The van der Waals surface area contributed by atoms with Gasteiger partial charge in [0.25, 0.3) is 5.91 Å². The summed E-state index contributed by atoms with van der Waals surface area (Å²) in [4.78, 5) is 23.7. The molecule has 2 rings (SSSR count). The Morgan fingerprint density at radius 2 is 1.73 bits per heavy atom. The van der Waals surface area contributed by atoms with Gasteiger partial charge in [-0.25, -0.2) is 9.18 Å². The number of para-hydroxylation sites is 1.